The molecule has 0 amide bonds. The van der Waals surface area contributed by atoms with E-state index < -0.39 is 0 Å². The largest absolute Gasteiger partial charge is 0.332 e. The van der Waals surface area contributed by atoms with Gasteiger partial charge in [0, 0.05) is 12.1 Å². The molecule has 0 atom stereocenters. The number of hydrogen-bond acceptors (Lipinski definition) is 2. The highest BCUT2D eigenvalue weighted by Gasteiger charge is 2.21. The maximum Gasteiger partial charge on any atom is 0.139 e. The Bertz CT molecular complexity index is 1320. The molecule has 0 saturated carbocycles. The third-order valence-corrected chi connectivity index (χ3v) is 5.46. The van der Waals surface area contributed by atoms with Crippen LogP contribution >= 0.6 is 12.2 Å². The van der Waals surface area contributed by atoms with Gasteiger partial charge in [0.1, 0.15) is 10.3 Å². The fraction of sp³-hybridized carbons (Fsp3) is 0.0400. The minimum atomic E-state index is 0.613. The van der Waals surface area contributed by atoms with Crippen LogP contribution in [0.3, 0.4) is 0 Å². The first-order valence-electron chi connectivity index (χ1n) is 9.57. The monoisotopic (exact) mass is 393 g/mol. The molecule has 2 heterocycles. The van der Waals surface area contributed by atoms with Crippen LogP contribution in [0.2, 0.25) is 0 Å². The van der Waals surface area contributed by atoms with E-state index in [9.17, 15) is 0 Å². The topological polar surface area (TPSA) is 33.6 Å². The van der Waals surface area contributed by atoms with Gasteiger partial charge in [-0.05, 0) is 16.7 Å². The van der Waals surface area contributed by atoms with Gasteiger partial charge in [0.2, 0.25) is 0 Å². The van der Waals surface area contributed by atoms with Crippen LogP contribution < -0.4 is 0 Å². The van der Waals surface area contributed by atoms with E-state index in [0.717, 1.165) is 40.0 Å². The summed E-state index contributed by atoms with van der Waals surface area (Å²) in [5.41, 5.74) is 6.78. The molecule has 5 aromatic rings. The summed E-state index contributed by atoms with van der Waals surface area (Å²) in [5.74, 6) is 0. The van der Waals surface area contributed by atoms with Crippen molar-refractivity contribution in [1.82, 2.24) is 14.5 Å². The van der Waals surface area contributed by atoms with Crippen molar-refractivity contribution in [2.45, 2.75) is 6.54 Å². The van der Waals surface area contributed by atoms with E-state index in [0.29, 0.717) is 4.64 Å². The minimum Gasteiger partial charge on any atom is -0.332 e. The summed E-state index contributed by atoms with van der Waals surface area (Å²) in [7, 11) is 0. The van der Waals surface area contributed by atoms with Gasteiger partial charge in [-0.25, -0.2) is 4.98 Å². The van der Waals surface area contributed by atoms with E-state index in [1.54, 1.807) is 6.33 Å². The molecule has 0 bridgehead atoms. The first kappa shape index (κ1) is 17.6. The van der Waals surface area contributed by atoms with E-state index >= 15 is 0 Å². The van der Waals surface area contributed by atoms with Gasteiger partial charge >= 0.3 is 0 Å². The molecule has 0 unspecified atom stereocenters. The second-order valence-electron chi connectivity index (χ2n) is 6.96. The standard InChI is InChI=1S/C25H19N3S/c29-25-22-21(19-12-6-2-7-13-19)23(20-14-8-3-9-15-20)28(24(22)26-17-27-25)16-18-10-4-1-5-11-18/h1-15,17H,16H2,(H,26,27,29). The maximum absolute atomic E-state index is 5.68. The predicted octanol–water partition coefficient (Wildman–Crippen LogP) is 6.48. The maximum atomic E-state index is 5.68. The van der Waals surface area contributed by atoms with Crippen LogP contribution in [0.15, 0.2) is 97.3 Å². The number of benzene rings is 3. The Balaban J connectivity index is 1.90. The van der Waals surface area contributed by atoms with Crippen molar-refractivity contribution in [3.63, 3.8) is 0 Å². The molecule has 0 spiro atoms. The summed E-state index contributed by atoms with van der Waals surface area (Å²) < 4.78 is 2.93. The summed E-state index contributed by atoms with van der Waals surface area (Å²) in [6.07, 6.45) is 1.69. The molecule has 2 aromatic heterocycles. The summed E-state index contributed by atoms with van der Waals surface area (Å²) >= 11 is 5.68. The Hall–Kier alpha value is -3.50. The number of nitrogens with zero attached hydrogens (tertiary/aromatic N) is 2. The number of fused-ring (bicyclic) bond motifs is 1. The minimum absolute atomic E-state index is 0.613. The van der Waals surface area contributed by atoms with Gasteiger partial charge in [-0.3, -0.25) is 0 Å². The van der Waals surface area contributed by atoms with Gasteiger partial charge in [0.15, 0.2) is 0 Å². The fourth-order valence-electron chi connectivity index (χ4n) is 3.90. The molecule has 0 fully saturated rings. The van der Waals surface area contributed by atoms with Gasteiger partial charge in [0.05, 0.1) is 17.4 Å². The van der Waals surface area contributed by atoms with Gasteiger partial charge < -0.3 is 9.55 Å². The Labute approximate surface area is 174 Å². The zero-order valence-corrected chi connectivity index (χ0v) is 16.6. The number of aromatic amines is 1. The molecule has 0 aliphatic carbocycles. The molecule has 0 saturated heterocycles. The average molecular weight is 394 g/mol. The smallest absolute Gasteiger partial charge is 0.139 e. The highest BCUT2D eigenvalue weighted by atomic mass is 32.1. The quantitative estimate of drug-likeness (QED) is 0.355. The van der Waals surface area contributed by atoms with Crippen molar-refractivity contribution in [2.75, 3.05) is 0 Å². The summed E-state index contributed by atoms with van der Waals surface area (Å²) in [6.45, 7) is 0.740. The Kier molecular flexibility index (Phi) is 4.54. The molecule has 0 aliphatic heterocycles. The van der Waals surface area contributed by atoms with Crippen LogP contribution in [-0.2, 0) is 6.54 Å². The third kappa shape index (κ3) is 3.18. The van der Waals surface area contributed by atoms with E-state index in [-0.39, 0.29) is 0 Å². The molecule has 0 radical (unpaired) electrons. The normalized spacial score (nSPS) is 11.0. The summed E-state index contributed by atoms with van der Waals surface area (Å²) in [6, 6.07) is 31.4. The third-order valence-electron chi connectivity index (χ3n) is 5.15. The van der Waals surface area contributed by atoms with Crippen molar-refractivity contribution >= 4 is 23.3 Å². The van der Waals surface area contributed by atoms with Crippen LogP contribution in [0.1, 0.15) is 5.56 Å². The van der Waals surface area contributed by atoms with Crippen molar-refractivity contribution < 1.29 is 0 Å². The van der Waals surface area contributed by atoms with Crippen molar-refractivity contribution in [3.05, 3.63) is 108 Å². The van der Waals surface area contributed by atoms with Gasteiger partial charge in [-0.15, -0.1) is 0 Å². The highest BCUT2D eigenvalue weighted by Crippen LogP contribution is 2.40. The van der Waals surface area contributed by atoms with Crippen LogP contribution in [0.5, 0.6) is 0 Å². The molecule has 3 nitrogen and oxygen atoms in total. The van der Waals surface area contributed by atoms with Crippen molar-refractivity contribution in [2.24, 2.45) is 0 Å². The Morgan fingerprint density at radius 2 is 1.34 bits per heavy atom. The number of aromatic nitrogens is 3. The number of nitrogens with one attached hydrogen (secondary N) is 1. The zero-order chi connectivity index (χ0) is 19.6. The highest BCUT2D eigenvalue weighted by molar-refractivity contribution is 7.71. The molecule has 5 rings (SSSR count). The van der Waals surface area contributed by atoms with Crippen molar-refractivity contribution in [3.8, 4) is 22.4 Å². The second-order valence-corrected chi connectivity index (χ2v) is 7.35. The molecule has 3 aromatic carbocycles. The van der Waals surface area contributed by atoms with E-state index in [1.807, 2.05) is 18.2 Å². The first-order valence-corrected chi connectivity index (χ1v) is 9.98. The van der Waals surface area contributed by atoms with E-state index in [4.69, 9.17) is 12.2 Å². The predicted molar refractivity (Wildman–Crippen MR) is 121 cm³/mol. The summed E-state index contributed by atoms with van der Waals surface area (Å²) in [5, 5.41) is 0.989. The van der Waals surface area contributed by atoms with Crippen molar-refractivity contribution in [1.29, 1.82) is 0 Å². The Morgan fingerprint density at radius 3 is 2.00 bits per heavy atom. The number of rotatable bonds is 4. The lowest BCUT2D eigenvalue weighted by molar-refractivity contribution is 0.831. The van der Waals surface area contributed by atoms with Crippen LogP contribution in [0, 0.1) is 4.64 Å². The lowest BCUT2D eigenvalue weighted by Gasteiger charge is -2.13. The average Bonchev–Trinajstić information content (AvgIpc) is 3.11. The number of hydrogen-bond donors (Lipinski definition) is 1. The van der Waals surface area contributed by atoms with Crippen LogP contribution in [-0.4, -0.2) is 14.5 Å². The van der Waals surface area contributed by atoms with E-state index in [2.05, 4.69) is 87.3 Å². The molecule has 4 heteroatoms. The molecule has 0 aliphatic rings. The molecule has 29 heavy (non-hydrogen) atoms. The lowest BCUT2D eigenvalue weighted by Crippen LogP contribution is -2.03. The zero-order valence-electron chi connectivity index (χ0n) is 15.7. The van der Waals surface area contributed by atoms with Crippen LogP contribution in [0.25, 0.3) is 33.4 Å². The second kappa shape index (κ2) is 7.49. The molecule has 140 valence electrons. The van der Waals surface area contributed by atoms with E-state index in [1.165, 1.54) is 5.56 Å². The lowest BCUT2D eigenvalue weighted by atomic mass is 9.99. The fourth-order valence-corrected chi connectivity index (χ4v) is 4.15. The molecular formula is C25H19N3S. The van der Waals surface area contributed by atoms with Gasteiger partial charge in [-0.1, -0.05) is 103 Å². The molecule has 1 N–H and O–H groups in total. The van der Waals surface area contributed by atoms with Crippen LogP contribution in [0.4, 0.5) is 0 Å². The van der Waals surface area contributed by atoms with Gasteiger partial charge in [0.25, 0.3) is 0 Å². The SMILES string of the molecule is S=c1nc[nH]c2c1c(-c1ccccc1)c(-c1ccccc1)n2Cc1ccccc1. The number of H-pyrrole nitrogens is 1. The first-order chi connectivity index (χ1) is 14.3. The summed E-state index contributed by atoms with van der Waals surface area (Å²) in [4.78, 5) is 7.76. The Morgan fingerprint density at radius 1 is 0.759 bits per heavy atom. The molecular weight excluding hydrogens is 374 g/mol. The van der Waals surface area contributed by atoms with Gasteiger partial charge in [-0.2, -0.15) is 0 Å².